The van der Waals surface area contributed by atoms with Crippen molar-refractivity contribution in [3.05, 3.63) is 36.1 Å². The molecule has 2 rings (SSSR count). The Morgan fingerprint density at radius 3 is 2.82 bits per heavy atom. The van der Waals surface area contributed by atoms with Gasteiger partial charge in [0.25, 0.3) is 6.43 Å². The summed E-state index contributed by atoms with van der Waals surface area (Å²) in [6, 6.07) is 6.59. The molecule has 4 heteroatoms. The molecule has 0 amide bonds. The van der Waals surface area contributed by atoms with Crippen molar-refractivity contribution in [3.63, 3.8) is 0 Å². The van der Waals surface area contributed by atoms with E-state index in [2.05, 4.69) is 5.32 Å². The van der Waals surface area contributed by atoms with Crippen LogP contribution < -0.4 is 5.32 Å². The Balaban J connectivity index is 2.15. The normalized spacial score (nSPS) is 13.4. The van der Waals surface area contributed by atoms with Crippen LogP contribution in [0.2, 0.25) is 0 Å². The summed E-state index contributed by atoms with van der Waals surface area (Å²) in [5.41, 5.74) is 1.68. The molecule has 0 spiro atoms. The fourth-order valence-electron chi connectivity index (χ4n) is 1.91. The lowest BCUT2D eigenvalue weighted by Gasteiger charge is -2.16. The van der Waals surface area contributed by atoms with Crippen LogP contribution >= 0.6 is 0 Å². The molecule has 0 bridgehead atoms. The zero-order valence-electron chi connectivity index (χ0n) is 9.62. The lowest BCUT2D eigenvalue weighted by atomic mass is 10.0. The molecule has 0 aliphatic rings. The van der Waals surface area contributed by atoms with Gasteiger partial charge < -0.3 is 9.73 Å². The highest BCUT2D eigenvalue weighted by atomic mass is 19.3. The number of alkyl halides is 2. The zero-order chi connectivity index (χ0) is 12.3. The molecule has 0 fully saturated rings. The monoisotopic (exact) mass is 239 g/mol. The van der Waals surface area contributed by atoms with Gasteiger partial charge in [-0.05, 0) is 36.7 Å². The lowest BCUT2D eigenvalue weighted by molar-refractivity contribution is 0.0991. The average Bonchev–Trinajstić information content (AvgIpc) is 2.75. The standard InChI is InChI=1S/C13H15F2NO/c1-2-16-11(13(14)15)8-9-3-4-12-10(7-9)5-6-17-12/h3-7,11,13,16H,2,8H2,1H3. The molecule has 1 heterocycles. The van der Waals surface area contributed by atoms with Gasteiger partial charge in [-0.1, -0.05) is 13.0 Å². The lowest BCUT2D eigenvalue weighted by Crippen LogP contribution is -2.37. The predicted octanol–water partition coefficient (Wildman–Crippen LogP) is 3.22. The first-order valence-electron chi connectivity index (χ1n) is 5.68. The number of hydrogen-bond acceptors (Lipinski definition) is 2. The quantitative estimate of drug-likeness (QED) is 0.866. The molecule has 17 heavy (non-hydrogen) atoms. The number of likely N-dealkylation sites (N-methyl/N-ethyl adjacent to an activating group) is 1. The largest absolute Gasteiger partial charge is 0.464 e. The fourth-order valence-corrected chi connectivity index (χ4v) is 1.91. The van der Waals surface area contributed by atoms with E-state index in [1.165, 1.54) is 0 Å². The molecule has 1 atom stereocenters. The Kier molecular flexibility index (Phi) is 3.74. The maximum Gasteiger partial charge on any atom is 0.254 e. The summed E-state index contributed by atoms with van der Waals surface area (Å²) in [5, 5.41) is 3.75. The summed E-state index contributed by atoms with van der Waals surface area (Å²) in [5.74, 6) is 0. The Morgan fingerprint density at radius 1 is 1.29 bits per heavy atom. The minimum atomic E-state index is -2.35. The number of fused-ring (bicyclic) bond motifs is 1. The molecule has 2 nitrogen and oxygen atoms in total. The van der Waals surface area contributed by atoms with E-state index in [0.717, 1.165) is 16.5 Å². The van der Waals surface area contributed by atoms with E-state index in [1.807, 2.05) is 31.2 Å². The topological polar surface area (TPSA) is 25.2 Å². The van der Waals surface area contributed by atoms with Gasteiger partial charge in [-0.25, -0.2) is 8.78 Å². The first-order valence-corrected chi connectivity index (χ1v) is 5.68. The molecule has 1 aromatic carbocycles. The molecule has 0 aliphatic carbocycles. The van der Waals surface area contributed by atoms with E-state index in [9.17, 15) is 8.78 Å². The van der Waals surface area contributed by atoms with Crippen LogP contribution in [0, 0.1) is 0 Å². The molecular weight excluding hydrogens is 224 g/mol. The van der Waals surface area contributed by atoms with Crippen LogP contribution in [0.4, 0.5) is 8.78 Å². The Labute approximate surface area is 98.6 Å². The first-order chi connectivity index (χ1) is 8.20. The van der Waals surface area contributed by atoms with Crippen LogP contribution in [-0.4, -0.2) is 19.0 Å². The van der Waals surface area contributed by atoms with E-state index in [-0.39, 0.29) is 0 Å². The van der Waals surface area contributed by atoms with Gasteiger partial charge in [-0.3, -0.25) is 0 Å². The van der Waals surface area contributed by atoms with E-state index in [1.54, 1.807) is 6.26 Å². The van der Waals surface area contributed by atoms with Crippen molar-refractivity contribution in [2.45, 2.75) is 25.8 Å². The van der Waals surface area contributed by atoms with E-state index in [0.29, 0.717) is 13.0 Å². The fraction of sp³-hybridized carbons (Fsp3) is 0.385. The molecule has 1 unspecified atom stereocenters. The molecule has 1 aromatic heterocycles. The number of hydrogen-bond donors (Lipinski definition) is 1. The van der Waals surface area contributed by atoms with Crippen LogP contribution in [0.1, 0.15) is 12.5 Å². The van der Waals surface area contributed by atoms with Gasteiger partial charge in [0.15, 0.2) is 0 Å². The average molecular weight is 239 g/mol. The van der Waals surface area contributed by atoms with Gasteiger partial charge in [0, 0.05) is 5.39 Å². The van der Waals surface area contributed by atoms with Gasteiger partial charge in [0.1, 0.15) is 5.58 Å². The van der Waals surface area contributed by atoms with Crippen LogP contribution in [0.3, 0.4) is 0 Å². The zero-order valence-corrected chi connectivity index (χ0v) is 9.62. The summed E-state index contributed by atoms with van der Waals surface area (Å²) in [6.07, 6.45) is -0.425. The Morgan fingerprint density at radius 2 is 2.12 bits per heavy atom. The van der Waals surface area contributed by atoms with Crippen molar-refractivity contribution in [1.82, 2.24) is 5.32 Å². The molecular formula is C13H15F2NO. The van der Waals surface area contributed by atoms with Crippen molar-refractivity contribution < 1.29 is 13.2 Å². The second-order valence-electron chi connectivity index (χ2n) is 4.00. The molecule has 0 aliphatic heterocycles. The van der Waals surface area contributed by atoms with Crippen molar-refractivity contribution in [1.29, 1.82) is 0 Å². The highest BCUT2D eigenvalue weighted by Gasteiger charge is 2.19. The summed E-state index contributed by atoms with van der Waals surface area (Å²) < 4.78 is 30.7. The van der Waals surface area contributed by atoms with Gasteiger partial charge in [-0.2, -0.15) is 0 Å². The maximum absolute atomic E-state index is 12.7. The van der Waals surface area contributed by atoms with E-state index < -0.39 is 12.5 Å². The third-order valence-electron chi connectivity index (χ3n) is 2.74. The van der Waals surface area contributed by atoms with Crippen molar-refractivity contribution in [3.8, 4) is 0 Å². The third-order valence-corrected chi connectivity index (χ3v) is 2.74. The van der Waals surface area contributed by atoms with Crippen LogP contribution in [-0.2, 0) is 6.42 Å². The summed E-state index contributed by atoms with van der Waals surface area (Å²) >= 11 is 0. The highest BCUT2D eigenvalue weighted by molar-refractivity contribution is 5.77. The number of halogens is 2. The molecule has 0 saturated carbocycles. The second kappa shape index (κ2) is 5.27. The first kappa shape index (κ1) is 12.0. The Bertz CT molecular complexity index is 481. The SMILES string of the molecule is CCNC(Cc1ccc2occc2c1)C(F)F. The predicted molar refractivity (Wildman–Crippen MR) is 63.4 cm³/mol. The van der Waals surface area contributed by atoms with Gasteiger partial charge >= 0.3 is 0 Å². The molecule has 1 N–H and O–H groups in total. The summed E-state index contributed by atoms with van der Waals surface area (Å²) in [4.78, 5) is 0. The van der Waals surface area contributed by atoms with Gasteiger partial charge in [0.2, 0.25) is 0 Å². The summed E-state index contributed by atoms with van der Waals surface area (Å²) in [6.45, 7) is 2.37. The maximum atomic E-state index is 12.7. The van der Waals surface area contributed by atoms with Gasteiger partial charge in [-0.15, -0.1) is 0 Å². The molecule has 0 radical (unpaired) electrons. The summed E-state index contributed by atoms with van der Waals surface area (Å²) in [7, 11) is 0. The number of rotatable bonds is 5. The molecule has 2 aromatic rings. The second-order valence-corrected chi connectivity index (χ2v) is 4.00. The third kappa shape index (κ3) is 2.82. The van der Waals surface area contributed by atoms with Crippen LogP contribution in [0.15, 0.2) is 34.9 Å². The van der Waals surface area contributed by atoms with Crippen LogP contribution in [0.5, 0.6) is 0 Å². The van der Waals surface area contributed by atoms with E-state index in [4.69, 9.17) is 4.42 Å². The smallest absolute Gasteiger partial charge is 0.254 e. The van der Waals surface area contributed by atoms with Crippen molar-refractivity contribution in [2.24, 2.45) is 0 Å². The molecule has 0 saturated heterocycles. The number of benzene rings is 1. The Hall–Kier alpha value is -1.42. The number of furan rings is 1. The van der Waals surface area contributed by atoms with Gasteiger partial charge in [0.05, 0.1) is 12.3 Å². The van der Waals surface area contributed by atoms with E-state index >= 15 is 0 Å². The minimum absolute atomic E-state index is 0.326. The minimum Gasteiger partial charge on any atom is -0.464 e. The highest BCUT2D eigenvalue weighted by Crippen LogP contribution is 2.19. The van der Waals surface area contributed by atoms with Crippen LogP contribution in [0.25, 0.3) is 11.0 Å². The number of nitrogens with one attached hydrogen (secondary N) is 1. The van der Waals surface area contributed by atoms with Crippen molar-refractivity contribution in [2.75, 3.05) is 6.54 Å². The molecule has 92 valence electrons. The van der Waals surface area contributed by atoms with Crippen molar-refractivity contribution >= 4 is 11.0 Å².